The van der Waals surface area contributed by atoms with Crippen LogP contribution in [0.5, 0.6) is 0 Å². The molecule has 0 heterocycles. The van der Waals surface area contributed by atoms with E-state index in [9.17, 15) is 24.0 Å². The predicted octanol–water partition coefficient (Wildman–Crippen LogP) is -2.57. The molecular formula is C15H27N5O6. The molecule has 0 rings (SSSR count). The highest BCUT2D eigenvalue weighted by Crippen LogP contribution is 2.04. The molecule has 3 atom stereocenters. The Balaban J connectivity index is 4.87. The van der Waals surface area contributed by atoms with Gasteiger partial charge in [-0.2, -0.15) is 0 Å². The lowest BCUT2D eigenvalue weighted by Crippen LogP contribution is -2.56. The molecule has 8 N–H and O–H groups in total. The summed E-state index contributed by atoms with van der Waals surface area (Å²) in [5, 5.41) is 15.2. The van der Waals surface area contributed by atoms with Crippen LogP contribution >= 0.6 is 0 Å². The van der Waals surface area contributed by atoms with Gasteiger partial charge in [-0.1, -0.05) is 13.8 Å². The molecule has 4 amide bonds. The number of hydrogen-bond donors (Lipinski definition) is 6. The minimum Gasteiger partial charge on any atom is -0.480 e. The Hall–Kier alpha value is -2.69. The number of amides is 4. The molecule has 0 aliphatic heterocycles. The molecule has 0 saturated heterocycles. The Morgan fingerprint density at radius 1 is 0.962 bits per heavy atom. The largest absolute Gasteiger partial charge is 0.480 e. The summed E-state index contributed by atoms with van der Waals surface area (Å²) >= 11 is 0. The molecule has 0 aliphatic carbocycles. The molecule has 0 aromatic rings. The summed E-state index contributed by atoms with van der Waals surface area (Å²) in [5.41, 5.74) is 10.8. The van der Waals surface area contributed by atoms with Crippen molar-refractivity contribution in [3.63, 3.8) is 0 Å². The molecule has 11 nitrogen and oxygen atoms in total. The molecule has 26 heavy (non-hydrogen) atoms. The third-order valence-electron chi connectivity index (χ3n) is 3.27. The second-order valence-corrected chi connectivity index (χ2v) is 6.31. The molecule has 11 heteroatoms. The molecule has 0 radical (unpaired) electrons. The molecule has 0 bridgehead atoms. The molecule has 0 spiro atoms. The Labute approximate surface area is 151 Å². The zero-order chi connectivity index (χ0) is 20.4. The van der Waals surface area contributed by atoms with Crippen LogP contribution in [0.25, 0.3) is 0 Å². The Bertz CT molecular complexity index is 551. The van der Waals surface area contributed by atoms with Gasteiger partial charge < -0.3 is 32.5 Å². The summed E-state index contributed by atoms with van der Waals surface area (Å²) in [6, 6.07) is -3.25. The third kappa shape index (κ3) is 9.57. The highest BCUT2D eigenvalue weighted by atomic mass is 16.4. The zero-order valence-corrected chi connectivity index (χ0v) is 15.1. The van der Waals surface area contributed by atoms with Gasteiger partial charge in [-0.25, -0.2) is 0 Å². The number of primary amides is 1. The van der Waals surface area contributed by atoms with Crippen molar-refractivity contribution >= 4 is 29.6 Å². The van der Waals surface area contributed by atoms with Crippen molar-refractivity contribution in [1.82, 2.24) is 16.0 Å². The van der Waals surface area contributed by atoms with Crippen LogP contribution in [0.1, 0.15) is 33.6 Å². The van der Waals surface area contributed by atoms with Crippen LogP contribution in [0.15, 0.2) is 0 Å². The first-order valence-electron chi connectivity index (χ1n) is 8.08. The Morgan fingerprint density at radius 2 is 1.54 bits per heavy atom. The Kier molecular flexibility index (Phi) is 9.89. The van der Waals surface area contributed by atoms with E-state index in [-0.39, 0.29) is 5.92 Å². The average Bonchev–Trinajstić information content (AvgIpc) is 2.50. The molecule has 0 fully saturated rings. The second kappa shape index (κ2) is 11.0. The van der Waals surface area contributed by atoms with Crippen LogP contribution in [-0.2, 0) is 24.0 Å². The van der Waals surface area contributed by atoms with E-state index in [1.807, 2.05) is 13.8 Å². The van der Waals surface area contributed by atoms with Gasteiger partial charge in [0.2, 0.25) is 23.6 Å². The highest BCUT2D eigenvalue weighted by Gasteiger charge is 2.28. The van der Waals surface area contributed by atoms with Crippen LogP contribution in [0.3, 0.4) is 0 Å². The van der Waals surface area contributed by atoms with Crippen molar-refractivity contribution in [2.24, 2.45) is 17.4 Å². The van der Waals surface area contributed by atoms with Crippen molar-refractivity contribution in [3.8, 4) is 0 Å². The molecular weight excluding hydrogens is 346 g/mol. The van der Waals surface area contributed by atoms with Crippen molar-refractivity contribution in [3.05, 3.63) is 0 Å². The smallest absolute Gasteiger partial charge is 0.322 e. The SMILES string of the molecule is CC(C)CC(N)C(=O)NC(CC(N)=O)C(=O)NC(C)C(=O)NCC(=O)O. The maximum Gasteiger partial charge on any atom is 0.322 e. The van der Waals surface area contributed by atoms with Gasteiger partial charge in [-0.05, 0) is 19.3 Å². The van der Waals surface area contributed by atoms with Crippen LogP contribution < -0.4 is 27.4 Å². The van der Waals surface area contributed by atoms with E-state index in [0.717, 1.165) is 0 Å². The summed E-state index contributed by atoms with van der Waals surface area (Å²) in [5.74, 6) is -4.09. The van der Waals surface area contributed by atoms with Crippen molar-refractivity contribution < 1.29 is 29.1 Å². The van der Waals surface area contributed by atoms with E-state index >= 15 is 0 Å². The normalized spacial score (nSPS) is 14.0. The van der Waals surface area contributed by atoms with E-state index in [2.05, 4.69) is 16.0 Å². The van der Waals surface area contributed by atoms with Gasteiger partial charge in [-0.15, -0.1) is 0 Å². The van der Waals surface area contributed by atoms with Gasteiger partial charge in [0.05, 0.1) is 12.5 Å². The van der Waals surface area contributed by atoms with Gasteiger partial charge >= 0.3 is 5.97 Å². The first kappa shape index (κ1) is 23.3. The summed E-state index contributed by atoms with van der Waals surface area (Å²) in [4.78, 5) is 57.6. The van der Waals surface area contributed by atoms with E-state index in [1.165, 1.54) is 6.92 Å². The first-order valence-corrected chi connectivity index (χ1v) is 8.08. The van der Waals surface area contributed by atoms with Crippen LogP contribution in [0, 0.1) is 5.92 Å². The summed E-state index contributed by atoms with van der Waals surface area (Å²) in [6.45, 7) is 4.46. The van der Waals surface area contributed by atoms with E-state index < -0.39 is 60.7 Å². The standard InChI is InChI=1S/C15H27N5O6/c1-7(2)4-9(16)14(25)20-10(5-11(17)21)15(26)19-8(3)13(24)18-6-12(22)23/h7-10H,4-6,16H2,1-3H3,(H2,17,21)(H,18,24)(H,19,26)(H,20,25)(H,22,23). The summed E-state index contributed by atoms with van der Waals surface area (Å²) < 4.78 is 0. The van der Waals surface area contributed by atoms with E-state index in [4.69, 9.17) is 16.6 Å². The molecule has 3 unspecified atom stereocenters. The number of rotatable bonds is 11. The van der Waals surface area contributed by atoms with Gasteiger partial charge in [0.15, 0.2) is 0 Å². The maximum absolute atomic E-state index is 12.2. The number of carboxylic acids is 1. The minimum absolute atomic E-state index is 0.150. The minimum atomic E-state index is -1.30. The van der Waals surface area contributed by atoms with Crippen LogP contribution in [0.4, 0.5) is 0 Å². The van der Waals surface area contributed by atoms with Gasteiger partial charge in [-0.3, -0.25) is 24.0 Å². The summed E-state index contributed by atoms with van der Waals surface area (Å²) in [6.07, 6.45) is -0.0970. The lowest BCUT2D eigenvalue weighted by atomic mass is 10.0. The molecule has 0 aromatic heterocycles. The van der Waals surface area contributed by atoms with Crippen molar-refractivity contribution in [1.29, 1.82) is 0 Å². The monoisotopic (exact) mass is 373 g/mol. The van der Waals surface area contributed by atoms with E-state index in [1.54, 1.807) is 0 Å². The quantitative estimate of drug-likeness (QED) is 0.229. The molecule has 0 aliphatic rings. The third-order valence-corrected chi connectivity index (χ3v) is 3.27. The predicted molar refractivity (Wildman–Crippen MR) is 91.4 cm³/mol. The number of hydrogen-bond acceptors (Lipinski definition) is 6. The zero-order valence-electron chi connectivity index (χ0n) is 15.1. The average molecular weight is 373 g/mol. The van der Waals surface area contributed by atoms with Crippen molar-refractivity contribution in [2.75, 3.05) is 6.54 Å². The molecule has 0 aromatic carbocycles. The summed E-state index contributed by atoms with van der Waals surface area (Å²) in [7, 11) is 0. The van der Waals surface area contributed by atoms with E-state index in [0.29, 0.717) is 6.42 Å². The van der Waals surface area contributed by atoms with Crippen molar-refractivity contribution in [2.45, 2.75) is 51.7 Å². The van der Waals surface area contributed by atoms with Gasteiger partial charge in [0, 0.05) is 0 Å². The first-order chi connectivity index (χ1) is 11.9. The van der Waals surface area contributed by atoms with Crippen LogP contribution in [0.2, 0.25) is 0 Å². The number of aliphatic carboxylic acids is 1. The fourth-order valence-corrected chi connectivity index (χ4v) is 2.00. The fraction of sp³-hybridized carbons (Fsp3) is 0.667. The highest BCUT2D eigenvalue weighted by molar-refractivity contribution is 5.95. The molecule has 0 saturated carbocycles. The molecule has 148 valence electrons. The topological polar surface area (TPSA) is 194 Å². The number of carbonyl (C=O) groups is 5. The van der Waals surface area contributed by atoms with Crippen LogP contribution in [-0.4, -0.2) is 59.4 Å². The maximum atomic E-state index is 12.2. The lowest BCUT2D eigenvalue weighted by Gasteiger charge is -2.22. The van der Waals surface area contributed by atoms with Gasteiger partial charge in [0.25, 0.3) is 0 Å². The number of carboxylic acid groups (broad SMARTS) is 1. The second-order valence-electron chi connectivity index (χ2n) is 6.31. The Morgan fingerprint density at radius 3 is 2.00 bits per heavy atom. The lowest BCUT2D eigenvalue weighted by molar-refractivity contribution is -0.138. The number of carbonyl (C=O) groups excluding carboxylic acids is 4. The fourth-order valence-electron chi connectivity index (χ4n) is 2.00. The van der Waals surface area contributed by atoms with Gasteiger partial charge in [0.1, 0.15) is 18.6 Å². The number of nitrogens with two attached hydrogens (primary N) is 2. The number of nitrogens with one attached hydrogen (secondary N) is 3.